The highest BCUT2D eigenvalue weighted by atomic mass is 16.6. The smallest absolute Gasteiger partial charge is 0.310 e. The summed E-state index contributed by atoms with van der Waals surface area (Å²) in [6.07, 6.45) is 10.5. The number of aliphatic carboxylic acids is 1. The van der Waals surface area contributed by atoms with Crippen LogP contribution in [0.2, 0.25) is 0 Å². The monoisotopic (exact) mass is 338 g/mol. The maximum Gasteiger partial charge on any atom is 0.310 e. The molecule has 0 saturated heterocycles. The first-order valence-electron chi connectivity index (χ1n) is 9.75. The van der Waals surface area contributed by atoms with Gasteiger partial charge < -0.3 is 9.84 Å². The summed E-state index contributed by atoms with van der Waals surface area (Å²) in [5.74, 6) is -1.86. The molecule has 2 unspecified atom stereocenters. The van der Waals surface area contributed by atoms with E-state index in [0.29, 0.717) is 0 Å². The van der Waals surface area contributed by atoms with Gasteiger partial charge in [-0.05, 0) is 58.3 Å². The molecule has 0 aliphatic heterocycles. The molecule has 2 aliphatic rings. The number of carbonyl (C=O) groups is 2. The van der Waals surface area contributed by atoms with Crippen LogP contribution in [-0.4, -0.2) is 22.6 Å². The third kappa shape index (κ3) is 5.22. The third-order valence-electron chi connectivity index (χ3n) is 5.67. The second-order valence-electron chi connectivity index (χ2n) is 8.72. The first-order chi connectivity index (χ1) is 11.3. The van der Waals surface area contributed by atoms with Crippen LogP contribution in [0.25, 0.3) is 0 Å². The highest BCUT2D eigenvalue weighted by molar-refractivity contribution is 5.82. The summed E-state index contributed by atoms with van der Waals surface area (Å²) in [6, 6.07) is 0. The fraction of sp³-hybridized carbons (Fsp3) is 0.900. The largest absolute Gasteiger partial charge is 0.481 e. The van der Waals surface area contributed by atoms with Gasteiger partial charge >= 0.3 is 11.9 Å². The van der Waals surface area contributed by atoms with Gasteiger partial charge in [0, 0.05) is 0 Å². The van der Waals surface area contributed by atoms with Crippen molar-refractivity contribution >= 4 is 11.9 Å². The SMILES string of the molecule is CC(C)(C)OC(=O)C(C1CCCCC1)C(C(=O)O)C1CCCCC1. The van der Waals surface area contributed by atoms with E-state index in [9.17, 15) is 14.7 Å². The lowest BCUT2D eigenvalue weighted by Gasteiger charge is -2.38. The van der Waals surface area contributed by atoms with Crippen LogP contribution in [0, 0.1) is 23.7 Å². The fourth-order valence-electron chi connectivity index (χ4n) is 4.64. The molecule has 0 aromatic heterocycles. The molecule has 0 spiro atoms. The van der Waals surface area contributed by atoms with E-state index in [1.807, 2.05) is 20.8 Å². The van der Waals surface area contributed by atoms with Crippen LogP contribution in [0.5, 0.6) is 0 Å². The Morgan fingerprint density at radius 3 is 1.62 bits per heavy atom. The Kier molecular flexibility index (Phi) is 6.70. The molecule has 138 valence electrons. The van der Waals surface area contributed by atoms with Gasteiger partial charge in [-0.1, -0.05) is 38.5 Å². The van der Waals surface area contributed by atoms with Crippen molar-refractivity contribution in [2.45, 2.75) is 90.6 Å². The summed E-state index contributed by atoms with van der Waals surface area (Å²) in [5.41, 5.74) is -0.570. The molecule has 24 heavy (non-hydrogen) atoms. The van der Waals surface area contributed by atoms with Crippen molar-refractivity contribution in [1.29, 1.82) is 0 Å². The molecular formula is C20H34O4. The van der Waals surface area contributed by atoms with Gasteiger partial charge in [-0.25, -0.2) is 0 Å². The number of ether oxygens (including phenoxy) is 1. The van der Waals surface area contributed by atoms with Crippen molar-refractivity contribution in [3.05, 3.63) is 0 Å². The molecule has 0 aromatic rings. The van der Waals surface area contributed by atoms with E-state index >= 15 is 0 Å². The molecule has 2 saturated carbocycles. The van der Waals surface area contributed by atoms with Crippen molar-refractivity contribution in [2.24, 2.45) is 23.7 Å². The van der Waals surface area contributed by atoms with Crippen LogP contribution in [0.3, 0.4) is 0 Å². The lowest BCUT2D eigenvalue weighted by molar-refractivity contribution is -0.172. The number of carbonyl (C=O) groups excluding carboxylic acids is 1. The second kappa shape index (κ2) is 8.35. The Balaban J connectivity index is 2.26. The minimum absolute atomic E-state index is 0.121. The van der Waals surface area contributed by atoms with Crippen LogP contribution in [0.4, 0.5) is 0 Å². The average molecular weight is 338 g/mol. The highest BCUT2D eigenvalue weighted by Gasteiger charge is 2.45. The Bertz CT molecular complexity index is 425. The van der Waals surface area contributed by atoms with Gasteiger partial charge in [0.2, 0.25) is 0 Å². The Morgan fingerprint density at radius 1 is 0.833 bits per heavy atom. The number of carboxylic acids is 1. The topological polar surface area (TPSA) is 63.6 Å². The molecule has 2 aliphatic carbocycles. The van der Waals surface area contributed by atoms with E-state index in [-0.39, 0.29) is 17.8 Å². The third-order valence-corrected chi connectivity index (χ3v) is 5.67. The van der Waals surface area contributed by atoms with Crippen LogP contribution in [-0.2, 0) is 14.3 Å². The predicted octanol–water partition coefficient (Wildman–Crippen LogP) is 4.81. The zero-order valence-electron chi connectivity index (χ0n) is 15.6. The van der Waals surface area contributed by atoms with E-state index in [1.165, 1.54) is 12.8 Å². The summed E-state index contributed by atoms with van der Waals surface area (Å²) < 4.78 is 5.67. The standard InChI is InChI=1S/C20H34O4/c1-20(2,3)24-19(23)17(15-12-8-5-9-13-15)16(18(21)22)14-10-6-4-7-11-14/h14-17H,4-13H2,1-3H3,(H,21,22). The van der Waals surface area contributed by atoms with Crippen LogP contribution >= 0.6 is 0 Å². The number of rotatable bonds is 5. The summed E-state index contributed by atoms with van der Waals surface area (Å²) in [5, 5.41) is 9.97. The number of hydrogen-bond acceptors (Lipinski definition) is 3. The van der Waals surface area contributed by atoms with Gasteiger partial charge in [-0.2, -0.15) is 0 Å². The van der Waals surface area contributed by atoms with Gasteiger partial charge in [0.05, 0.1) is 11.8 Å². The highest BCUT2D eigenvalue weighted by Crippen LogP contribution is 2.42. The van der Waals surface area contributed by atoms with E-state index in [1.54, 1.807) is 0 Å². The van der Waals surface area contributed by atoms with Crippen molar-refractivity contribution in [2.75, 3.05) is 0 Å². The molecule has 1 N–H and O–H groups in total. The zero-order valence-corrected chi connectivity index (χ0v) is 15.6. The molecule has 4 heteroatoms. The molecule has 2 atom stereocenters. The summed E-state index contributed by atoms with van der Waals surface area (Å²) in [4.78, 5) is 25.1. The summed E-state index contributed by atoms with van der Waals surface area (Å²) >= 11 is 0. The number of hydrogen-bond donors (Lipinski definition) is 1. The maximum absolute atomic E-state index is 13.0. The van der Waals surface area contributed by atoms with Crippen molar-refractivity contribution in [3.63, 3.8) is 0 Å². The summed E-state index contributed by atoms with van der Waals surface area (Å²) in [7, 11) is 0. The van der Waals surface area contributed by atoms with Crippen LogP contribution in [0.15, 0.2) is 0 Å². The predicted molar refractivity (Wildman–Crippen MR) is 93.6 cm³/mol. The molecule has 4 nitrogen and oxygen atoms in total. The fourth-order valence-corrected chi connectivity index (χ4v) is 4.64. The minimum atomic E-state index is -0.802. The van der Waals surface area contributed by atoms with E-state index in [2.05, 4.69) is 0 Å². The normalized spacial score (nSPS) is 23.5. The molecule has 0 amide bonds. The zero-order chi connectivity index (χ0) is 17.7. The quantitative estimate of drug-likeness (QED) is 0.731. The average Bonchev–Trinajstić information content (AvgIpc) is 2.52. The maximum atomic E-state index is 13.0. The lowest BCUT2D eigenvalue weighted by atomic mass is 9.67. The lowest BCUT2D eigenvalue weighted by Crippen LogP contribution is -2.43. The van der Waals surface area contributed by atoms with Crippen molar-refractivity contribution < 1.29 is 19.4 Å². The van der Waals surface area contributed by atoms with Gasteiger partial charge in [0.25, 0.3) is 0 Å². The van der Waals surface area contributed by atoms with Crippen LogP contribution < -0.4 is 0 Å². The minimum Gasteiger partial charge on any atom is -0.481 e. The Labute approximate surface area is 146 Å². The van der Waals surface area contributed by atoms with Gasteiger partial charge in [-0.3, -0.25) is 9.59 Å². The van der Waals surface area contributed by atoms with Crippen molar-refractivity contribution in [1.82, 2.24) is 0 Å². The first kappa shape index (κ1) is 19.3. The molecule has 0 bridgehead atoms. The van der Waals surface area contributed by atoms with Gasteiger partial charge in [0.1, 0.15) is 5.60 Å². The Hall–Kier alpha value is -1.06. The molecule has 0 aromatic carbocycles. The molecular weight excluding hydrogens is 304 g/mol. The summed E-state index contributed by atoms with van der Waals surface area (Å²) in [6.45, 7) is 5.58. The van der Waals surface area contributed by atoms with Crippen LogP contribution in [0.1, 0.15) is 85.0 Å². The molecule has 0 heterocycles. The molecule has 2 fully saturated rings. The van der Waals surface area contributed by atoms with Gasteiger partial charge in [0.15, 0.2) is 0 Å². The van der Waals surface area contributed by atoms with E-state index in [0.717, 1.165) is 51.4 Å². The van der Waals surface area contributed by atoms with Gasteiger partial charge in [-0.15, -0.1) is 0 Å². The number of esters is 1. The second-order valence-corrected chi connectivity index (χ2v) is 8.72. The van der Waals surface area contributed by atoms with E-state index in [4.69, 9.17) is 4.74 Å². The molecule has 0 radical (unpaired) electrons. The molecule has 2 rings (SSSR count). The number of carboxylic acid groups (broad SMARTS) is 1. The van der Waals surface area contributed by atoms with E-state index < -0.39 is 23.4 Å². The van der Waals surface area contributed by atoms with Crippen molar-refractivity contribution in [3.8, 4) is 0 Å². The Morgan fingerprint density at radius 2 is 1.25 bits per heavy atom. The first-order valence-corrected chi connectivity index (χ1v) is 9.75.